The van der Waals surface area contributed by atoms with E-state index in [-0.39, 0.29) is 18.6 Å². The first-order valence-electron chi connectivity index (χ1n) is 9.83. The van der Waals surface area contributed by atoms with Crippen LogP contribution in [0, 0.1) is 10.1 Å². The van der Waals surface area contributed by atoms with E-state index in [2.05, 4.69) is 12.4 Å². The van der Waals surface area contributed by atoms with Gasteiger partial charge in [-0.05, 0) is 23.8 Å². The maximum absolute atomic E-state index is 10.9. The summed E-state index contributed by atoms with van der Waals surface area (Å²) in [5.74, 6) is 2.07. The van der Waals surface area contributed by atoms with E-state index in [4.69, 9.17) is 19.2 Å². The number of aromatic nitrogens is 1. The molecule has 0 fully saturated rings. The fraction of sp³-hybridized carbons (Fsp3) is 0.286. The molecule has 31 heavy (non-hydrogen) atoms. The number of nitrogens with zero attached hydrogens (tertiary/aromatic N) is 2. The Morgan fingerprint density at radius 2 is 2.13 bits per heavy atom. The molecule has 0 aliphatic carbocycles. The summed E-state index contributed by atoms with van der Waals surface area (Å²) in [6, 6.07) is 8.46. The van der Waals surface area contributed by atoms with Crippen molar-refractivity contribution in [2.45, 2.75) is 12.6 Å². The summed E-state index contributed by atoms with van der Waals surface area (Å²) < 4.78 is 17.0. The first kappa shape index (κ1) is 19.6. The molecule has 3 heterocycles. The number of quaternary nitrogens is 1. The molecule has 0 bridgehead atoms. The van der Waals surface area contributed by atoms with Crippen LogP contribution in [0.15, 0.2) is 35.7 Å². The number of anilines is 1. The van der Waals surface area contributed by atoms with Crippen molar-refractivity contribution in [3.05, 3.63) is 57.0 Å². The second kappa shape index (κ2) is 7.71. The number of non-ortho nitro benzene ring substituents is 1. The third-order valence-corrected chi connectivity index (χ3v) is 6.44. The van der Waals surface area contributed by atoms with Crippen LogP contribution in [-0.2, 0) is 6.42 Å². The molecule has 160 valence electrons. The highest BCUT2D eigenvalue weighted by Gasteiger charge is 2.37. The molecule has 0 amide bonds. The zero-order chi connectivity index (χ0) is 21.5. The Labute approximate surface area is 182 Å². The van der Waals surface area contributed by atoms with Crippen molar-refractivity contribution in [1.29, 1.82) is 0 Å². The summed E-state index contributed by atoms with van der Waals surface area (Å²) in [6.07, 6.45) is 0.849. The van der Waals surface area contributed by atoms with E-state index >= 15 is 0 Å². The lowest BCUT2D eigenvalue weighted by molar-refractivity contribution is -0.910. The van der Waals surface area contributed by atoms with E-state index in [9.17, 15) is 10.1 Å². The maximum Gasteiger partial charge on any atom is 0.269 e. The minimum absolute atomic E-state index is 0.0622. The first-order chi connectivity index (χ1) is 15.0. The standard InChI is InChI=1S/C21H20N4O5S/c1-24-8-7-13-9-16-18(30-11-29-16)19(28-2)17(13)20(24)23-21-22-15(10-31-21)12-3-5-14(6-4-12)25(26)27/h3-6,9-10,20H,7-8,11H2,1-2H3,(H,22,23)/p+1/t20-/m0/s1. The smallest absolute Gasteiger partial charge is 0.269 e. The van der Waals surface area contributed by atoms with Crippen LogP contribution in [0.3, 0.4) is 0 Å². The molecule has 0 saturated heterocycles. The summed E-state index contributed by atoms with van der Waals surface area (Å²) in [4.78, 5) is 16.5. The number of benzene rings is 2. The van der Waals surface area contributed by atoms with Gasteiger partial charge in [0.2, 0.25) is 12.5 Å². The third kappa shape index (κ3) is 3.43. The quantitative estimate of drug-likeness (QED) is 0.464. The number of hydrogen-bond donors (Lipinski definition) is 2. The van der Waals surface area contributed by atoms with Gasteiger partial charge in [0.05, 0.1) is 36.9 Å². The van der Waals surface area contributed by atoms with Gasteiger partial charge < -0.3 is 24.4 Å². The average Bonchev–Trinajstić information content (AvgIpc) is 3.44. The highest BCUT2D eigenvalue weighted by atomic mass is 32.1. The summed E-state index contributed by atoms with van der Waals surface area (Å²) >= 11 is 1.50. The highest BCUT2D eigenvalue weighted by molar-refractivity contribution is 7.14. The lowest BCUT2D eigenvalue weighted by atomic mass is 9.95. The predicted molar refractivity (Wildman–Crippen MR) is 115 cm³/mol. The highest BCUT2D eigenvalue weighted by Crippen LogP contribution is 2.47. The van der Waals surface area contributed by atoms with Crippen LogP contribution in [0.1, 0.15) is 17.3 Å². The molecular formula is C21H21N4O5S+. The van der Waals surface area contributed by atoms with E-state index in [1.54, 1.807) is 19.2 Å². The van der Waals surface area contributed by atoms with Crippen LogP contribution in [-0.4, -0.2) is 37.4 Å². The predicted octanol–water partition coefficient (Wildman–Crippen LogP) is 2.64. The lowest BCUT2D eigenvalue weighted by Crippen LogP contribution is -3.11. The Morgan fingerprint density at radius 3 is 2.87 bits per heavy atom. The van der Waals surface area contributed by atoms with Crippen molar-refractivity contribution >= 4 is 22.2 Å². The van der Waals surface area contributed by atoms with Gasteiger partial charge in [0, 0.05) is 29.5 Å². The molecule has 0 spiro atoms. The Hall–Kier alpha value is -3.37. The van der Waals surface area contributed by atoms with Crippen molar-refractivity contribution in [2.24, 2.45) is 0 Å². The van der Waals surface area contributed by atoms with Gasteiger partial charge in [0.15, 0.2) is 22.8 Å². The number of fused-ring (bicyclic) bond motifs is 2. The number of nitrogens with one attached hydrogen (secondary N) is 2. The summed E-state index contributed by atoms with van der Waals surface area (Å²) in [5.41, 5.74) is 3.90. The maximum atomic E-state index is 10.9. The van der Waals surface area contributed by atoms with Gasteiger partial charge in [0.25, 0.3) is 5.69 Å². The molecule has 2 N–H and O–H groups in total. The van der Waals surface area contributed by atoms with Crippen molar-refractivity contribution < 1.29 is 24.0 Å². The summed E-state index contributed by atoms with van der Waals surface area (Å²) in [5, 5.41) is 17.2. The van der Waals surface area contributed by atoms with Crippen molar-refractivity contribution in [1.82, 2.24) is 4.98 Å². The summed E-state index contributed by atoms with van der Waals surface area (Å²) in [6.45, 7) is 1.15. The van der Waals surface area contributed by atoms with Gasteiger partial charge in [-0.2, -0.15) is 0 Å². The van der Waals surface area contributed by atoms with E-state index < -0.39 is 4.92 Å². The minimum Gasteiger partial charge on any atom is -0.492 e. The van der Waals surface area contributed by atoms with Gasteiger partial charge >= 0.3 is 0 Å². The average molecular weight is 441 g/mol. The monoisotopic (exact) mass is 441 g/mol. The van der Waals surface area contributed by atoms with E-state index in [0.29, 0.717) is 11.5 Å². The van der Waals surface area contributed by atoms with Crippen molar-refractivity contribution in [3.63, 3.8) is 0 Å². The molecule has 2 aromatic carbocycles. The number of likely N-dealkylation sites (N-methyl/N-ethyl adjacent to an activating group) is 1. The van der Waals surface area contributed by atoms with E-state index in [1.165, 1.54) is 33.9 Å². The van der Waals surface area contributed by atoms with Gasteiger partial charge in [-0.15, -0.1) is 11.3 Å². The molecule has 10 heteroatoms. The van der Waals surface area contributed by atoms with E-state index in [1.807, 2.05) is 11.4 Å². The second-order valence-corrected chi connectivity index (χ2v) is 8.34. The van der Waals surface area contributed by atoms with Crippen molar-refractivity contribution in [3.8, 4) is 28.5 Å². The normalized spacial score (nSPS) is 19.0. The Balaban J connectivity index is 1.46. The van der Waals surface area contributed by atoms with Crippen LogP contribution < -0.4 is 24.4 Å². The van der Waals surface area contributed by atoms with Crippen LogP contribution in [0.25, 0.3) is 11.3 Å². The van der Waals surface area contributed by atoms with Crippen LogP contribution in [0.4, 0.5) is 10.8 Å². The molecule has 0 saturated carbocycles. The fourth-order valence-electron chi connectivity index (χ4n) is 4.07. The third-order valence-electron chi connectivity index (χ3n) is 5.66. The number of nitro benzene ring substituents is 1. The molecule has 2 aliphatic rings. The van der Waals surface area contributed by atoms with Gasteiger partial charge in [-0.1, -0.05) is 0 Å². The lowest BCUT2D eigenvalue weighted by Gasteiger charge is -2.33. The van der Waals surface area contributed by atoms with Gasteiger partial charge in [0.1, 0.15) is 0 Å². The zero-order valence-electron chi connectivity index (χ0n) is 17.0. The molecule has 3 aromatic rings. The molecule has 9 nitrogen and oxygen atoms in total. The number of hydrogen-bond acceptors (Lipinski definition) is 8. The van der Waals surface area contributed by atoms with E-state index in [0.717, 1.165) is 40.7 Å². The van der Waals surface area contributed by atoms with Crippen LogP contribution in [0.2, 0.25) is 0 Å². The molecule has 1 unspecified atom stereocenters. The second-order valence-electron chi connectivity index (χ2n) is 7.48. The Bertz CT molecular complexity index is 1150. The topological polar surface area (TPSA) is 100 Å². The number of rotatable bonds is 5. The molecule has 1 aromatic heterocycles. The largest absolute Gasteiger partial charge is 0.492 e. The molecular weight excluding hydrogens is 420 g/mol. The van der Waals surface area contributed by atoms with Crippen molar-refractivity contribution in [2.75, 3.05) is 32.8 Å². The summed E-state index contributed by atoms with van der Waals surface area (Å²) in [7, 11) is 3.78. The minimum atomic E-state index is -0.407. The molecule has 2 atom stereocenters. The molecule has 0 radical (unpaired) electrons. The number of ether oxygens (including phenoxy) is 3. The van der Waals surface area contributed by atoms with Crippen LogP contribution >= 0.6 is 11.3 Å². The Kier molecular flexibility index (Phi) is 4.87. The zero-order valence-corrected chi connectivity index (χ0v) is 17.8. The number of thiazole rings is 1. The Morgan fingerprint density at radius 1 is 1.32 bits per heavy atom. The number of nitro groups is 1. The number of methoxy groups -OCH3 is 1. The van der Waals surface area contributed by atoms with Gasteiger partial charge in [-0.25, -0.2) is 4.98 Å². The SMILES string of the molecule is COc1c2c(cc3c1[C@@H](Nc1nc(-c4ccc([N+](=O)[O-])cc4)cs1)[NH+](C)CC3)OCO2. The first-order valence-corrected chi connectivity index (χ1v) is 10.7. The molecule has 2 aliphatic heterocycles. The molecule has 5 rings (SSSR count). The van der Waals surface area contributed by atoms with Crippen LogP contribution in [0.5, 0.6) is 17.2 Å². The fourth-order valence-corrected chi connectivity index (χ4v) is 4.82. The van der Waals surface area contributed by atoms with Gasteiger partial charge in [-0.3, -0.25) is 10.1 Å².